The van der Waals surface area contributed by atoms with Gasteiger partial charge in [0.15, 0.2) is 0 Å². The standard InChI is InChI=1S/C12H14N4O/c17-7-9-3-1-2-6-16(9)12-10-4-5-13-11(10)14-8-15-12/h1-2,4-5,8-9,17H,3,6-7H2,(H,13,14,15). The normalized spacial score (nSPS) is 20.1. The molecule has 0 saturated carbocycles. The summed E-state index contributed by atoms with van der Waals surface area (Å²) < 4.78 is 0. The van der Waals surface area contributed by atoms with Crippen molar-refractivity contribution in [1.82, 2.24) is 15.0 Å². The minimum atomic E-state index is 0.105. The van der Waals surface area contributed by atoms with Crippen LogP contribution in [0.3, 0.4) is 0 Å². The van der Waals surface area contributed by atoms with Crippen LogP contribution in [0.5, 0.6) is 0 Å². The fourth-order valence-electron chi connectivity index (χ4n) is 2.24. The number of aliphatic hydroxyl groups excluding tert-OH is 1. The molecule has 1 aliphatic heterocycles. The molecule has 0 saturated heterocycles. The minimum Gasteiger partial charge on any atom is -0.394 e. The van der Waals surface area contributed by atoms with E-state index in [0.717, 1.165) is 29.8 Å². The molecular formula is C12H14N4O. The predicted octanol–water partition coefficient (Wildman–Crippen LogP) is 1.09. The van der Waals surface area contributed by atoms with Crippen molar-refractivity contribution in [1.29, 1.82) is 0 Å². The van der Waals surface area contributed by atoms with Gasteiger partial charge in [-0.15, -0.1) is 0 Å². The number of rotatable bonds is 2. The highest BCUT2D eigenvalue weighted by Gasteiger charge is 2.22. The van der Waals surface area contributed by atoms with Crippen molar-refractivity contribution in [2.75, 3.05) is 18.1 Å². The lowest BCUT2D eigenvalue weighted by Gasteiger charge is -2.32. The minimum absolute atomic E-state index is 0.105. The van der Waals surface area contributed by atoms with Crippen LogP contribution < -0.4 is 4.90 Å². The number of nitrogens with one attached hydrogen (secondary N) is 1. The van der Waals surface area contributed by atoms with E-state index in [-0.39, 0.29) is 12.6 Å². The predicted molar refractivity (Wildman–Crippen MR) is 65.9 cm³/mol. The maximum absolute atomic E-state index is 9.42. The molecule has 2 aromatic rings. The van der Waals surface area contributed by atoms with Gasteiger partial charge in [0.1, 0.15) is 17.8 Å². The topological polar surface area (TPSA) is 65.0 Å². The molecule has 0 spiro atoms. The molecule has 2 N–H and O–H groups in total. The van der Waals surface area contributed by atoms with Crippen molar-refractivity contribution in [2.45, 2.75) is 12.5 Å². The molecular weight excluding hydrogens is 216 g/mol. The quantitative estimate of drug-likeness (QED) is 0.758. The maximum Gasteiger partial charge on any atom is 0.142 e. The molecule has 3 rings (SSSR count). The zero-order valence-corrected chi connectivity index (χ0v) is 9.37. The smallest absolute Gasteiger partial charge is 0.142 e. The van der Waals surface area contributed by atoms with Crippen LogP contribution in [0.15, 0.2) is 30.7 Å². The molecule has 0 bridgehead atoms. The summed E-state index contributed by atoms with van der Waals surface area (Å²) in [6, 6.07) is 2.07. The molecule has 0 radical (unpaired) electrons. The van der Waals surface area contributed by atoms with E-state index in [2.05, 4.69) is 32.0 Å². The van der Waals surface area contributed by atoms with Crippen LogP contribution in [0, 0.1) is 0 Å². The number of aromatic nitrogens is 3. The summed E-state index contributed by atoms with van der Waals surface area (Å²) in [5, 5.41) is 10.4. The lowest BCUT2D eigenvalue weighted by Crippen LogP contribution is -2.40. The van der Waals surface area contributed by atoms with Gasteiger partial charge in [0.2, 0.25) is 0 Å². The van der Waals surface area contributed by atoms with Gasteiger partial charge in [0.05, 0.1) is 18.0 Å². The Balaban J connectivity index is 2.07. The summed E-state index contributed by atoms with van der Waals surface area (Å²) in [5.41, 5.74) is 0.834. The number of fused-ring (bicyclic) bond motifs is 1. The Hall–Kier alpha value is -1.88. The summed E-state index contributed by atoms with van der Waals surface area (Å²) in [4.78, 5) is 13.7. The number of H-pyrrole nitrogens is 1. The lowest BCUT2D eigenvalue weighted by molar-refractivity contribution is 0.259. The van der Waals surface area contributed by atoms with Gasteiger partial charge in [-0.05, 0) is 12.5 Å². The fourth-order valence-corrected chi connectivity index (χ4v) is 2.24. The third-order valence-electron chi connectivity index (χ3n) is 3.13. The van der Waals surface area contributed by atoms with Crippen molar-refractivity contribution in [3.05, 3.63) is 30.7 Å². The molecule has 3 heterocycles. The Labute approximate surface area is 98.8 Å². The average Bonchev–Trinajstić information content (AvgIpc) is 2.86. The van der Waals surface area contributed by atoms with Gasteiger partial charge in [-0.3, -0.25) is 0 Å². The second-order valence-electron chi connectivity index (χ2n) is 4.13. The number of hydrogen-bond donors (Lipinski definition) is 2. The van der Waals surface area contributed by atoms with Crippen LogP contribution in [0.25, 0.3) is 11.0 Å². The molecule has 1 aliphatic rings. The van der Waals surface area contributed by atoms with E-state index in [1.807, 2.05) is 12.3 Å². The molecule has 88 valence electrons. The first kappa shape index (κ1) is 10.3. The van der Waals surface area contributed by atoms with Gasteiger partial charge >= 0.3 is 0 Å². The molecule has 1 atom stereocenters. The van der Waals surface area contributed by atoms with E-state index in [4.69, 9.17) is 0 Å². The second kappa shape index (κ2) is 4.18. The van der Waals surface area contributed by atoms with Gasteiger partial charge in [-0.1, -0.05) is 12.2 Å². The Morgan fingerprint density at radius 1 is 1.41 bits per heavy atom. The van der Waals surface area contributed by atoms with Crippen molar-refractivity contribution < 1.29 is 5.11 Å². The van der Waals surface area contributed by atoms with E-state index in [1.54, 1.807) is 6.33 Å². The van der Waals surface area contributed by atoms with E-state index in [9.17, 15) is 5.11 Å². The lowest BCUT2D eigenvalue weighted by atomic mass is 10.1. The SMILES string of the molecule is OCC1CC=CCN1c1ncnc2[nH]ccc12. The third kappa shape index (κ3) is 1.68. The highest BCUT2D eigenvalue weighted by molar-refractivity contribution is 5.87. The van der Waals surface area contributed by atoms with Crippen LogP contribution in [-0.4, -0.2) is 39.3 Å². The van der Waals surface area contributed by atoms with Crippen LogP contribution in [0.1, 0.15) is 6.42 Å². The third-order valence-corrected chi connectivity index (χ3v) is 3.13. The molecule has 0 amide bonds. The van der Waals surface area contributed by atoms with Gasteiger partial charge in [-0.2, -0.15) is 0 Å². The summed E-state index contributed by atoms with van der Waals surface area (Å²) in [6.45, 7) is 0.919. The number of nitrogens with zero attached hydrogens (tertiary/aromatic N) is 3. The van der Waals surface area contributed by atoms with Gasteiger partial charge in [0.25, 0.3) is 0 Å². The Morgan fingerprint density at radius 2 is 2.35 bits per heavy atom. The molecule has 0 aliphatic carbocycles. The molecule has 1 unspecified atom stereocenters. The maximum atomic E-state index is 9.42. The number of aliphatic hydroxyl groups is 1. The van der Waals surface area contributed by atoms with Crippen LogP contribution in [0.4, 0.5) is 5.82 Å². The average molecular weight is 230 g/mol. The van der Waals surface area contributed by atoms with Gasteiger partial charge in [-0.25, -0.2) is 9.97 Å². The first-order valence-corrected chi connectivity index (χ1v) is 5.70. The summed E-state index contributed by atoms with van der Waals surface area (Å²) in [6.07, 6.45) is 8.48. The monoisotopic (exact) mass is 230 g/mol. The fraction of sp³-hybridized carbons (Fsp3) is 0.333. The van der Waals surface area contributed by atoms with Crippen molar-refractivity contribution >= 4 is 16.9 Å². The second-order valence-corrected chi connectivity index (χ2v) is 4.13. The Morgan fingerprint density at radius 3 is 3.24 bits per heavy atom. The highest BCUT2D eigenvalue weighted by atomic mass is 16.3. The summed E-state index contributed by atoms with van der Waals surface area (Å²) in [5.74, 6) is 0.889. The Bertz CT molecular complexity index is 548. The van der Waals surface area contributed by atoms with Gasteiger partial charge in [0, 0.05) is 12.7 Å². The zero-order chi connectivity index (χ0) is 11.7. The first-order chi connectivity index (χ1) is 8.40. The van der Waals surface area contributed by atoms with E-state index < -0.39 is 0 Å². The van der Waals surface area contributed by atoms with Crippen molar-refractivity contribution in [2.24, 2.45) is 0 Å². The van der Waals surface area contributed by atoms with Crippen LogP contribution in [0.2, 0.25) is 0 Å². The highest BCUT2D eigenvalue weighted by Crippen LogP contribution is 2.26. The summed E-state index contributed by atoms with van der Waals surface area (Å²) in [7, 11) is 0. The van der Waals surface area contributed by atoms with E-state index in [1.165, 1.54) is 0 Å². The van der Waals surface area contributed by atoms with E-state index in [0.29, 0.717) is 0 Å². The largest absolute Gasteiger partial charge is 0.394 e. The molecule has 5 nitrogen and oxygen atoms in total. The number of aromatic amines is 1. The Kier molecular flexibility index (Phi) is 2.53. The molecule has 0 fully saturated rings. The first-order valence-electron chi connectivity index (χ1n) is 5.70. The molecule has 17 heavy (non-hydrogen) atoms. The molecule has 2 aromatic heterocycles. The van der Waals surface area contributed by atoms with Crippen molar-refractivity contribution in [3.63, 3.8) is 0 Å². The number of hydrogen-bond acceptors (Lipinski definition) is 4. The molecule has 0 aromatic carbocycles. The van der Waals surface area contributed by atoms with Crippen LogP contribution >= 0.6 is 0 Å². The zero-order valence-electron chi connectivity index (χ0n) is 9.37. The number of anilines is 1. The molecule has 5 heteroatoms. The van der Waals surface area contributed by atoms with E-state index >= 15 is 0 Å². The van der Waals surface area contributed by atoms with Gasteiger partial charge < -0.3 is 15.0 Å². The van der Waals surface area contributed by atoms with Crippen LogP contribution in [-0.2, 0) is 0 Å². The van der Waals surface area contributed by atoms with Crippen molar-refractivity contribution in [3.8, 4) is 0 Å². The summed E-state index contributed by atoms with van der Waals surface area (Å²) >= 11 is 0.